The molecule has 1 aromatic carbocycles. The molecule has 5 nitrogen and oxygen atoms in total. The molecule has 2 heterocycles. The van der Waals surface area contributed by atoms with E-state index in [4.69, 9.17) is 11.6 Å². The lowest BCUT2D eigenvalue weighted by molar-refractivity contribution is -0.132. The zero-order chi connectivity index (χ0) is 18.4. The van der Waals surface area contributed by atoms with Crippen LogP contribution in [0.4, 0.5) is 0 Å². The summed E-state index contributed by atoms with van der Waals surface area (Å²) in [4.78, 5) is 30.4. The van der Waals surface area contributed by atoms with Gasteiger partial charge in [0.15, 0.2) is 0 Å². The number of hydrogen-bond donors (Lipinski definition) is 1. The van der Waals surface area contributed by atoms with Crippen molar-refractivity contribution in [2.75, 3.05) is 13.1 Å². The van der Waals surface area contributed by atoms with Crippen molar-refractivity contribution in [3.63, 3.8) is 0 Å². The number of carbonyl (C=O) groups excluding carboxylic acids is 2. The largest absolute Gasteiger partial charge is 0.349 e. The van der Waals surface area contributed by atoms with Gasteiger partial charge in [-0.15, -0.1) is 0 Å². The number of likely N-dealkylation sites (tertiary alicyclic amines) is 1. The number of rotatable bonds is 5. The number of aryl methyl sites for hydroxylation is 1. The van der Waals surface area contributed by atoms with Gasteiger partial charge in [0.1, 0.15) is 0 Å². The number of amides is 2. The van der Waals surface area contributed by atoms with Crippen molar-refractivity contribution in [2.45, 2.75) is 31.7 Å². The van der Waals surface area contributed by atoms with Crippen LogP contribution in [0.1, 0.15) is 35.2 Å². The van der Waals surface area contributed by atoms with Crippen molar-refractivity contribution in [3.8, 4) is 0 Å². The first-order valence-corrected chi connectivity index (χ1v) is 9.23. The second-order valence-electron chi connectivity index (χ2n) is 6.50. The number of nitrogens with zero attached hydrogens (tertiary/aromatic N) is 2. The lowest BCUT2D eigenvalue weighted by Gasteiger charge is -2.32. The summed E-state index contributed by atoms with van der Waals surface area (Å²) in [5.41, 5.74) is 1.68. The Balaban J connectivity index is 1.42. The molecular formula is C20H22ClN3O2. The molecule has 1 N–H and O–H groups in total. The summed E-state index contributed by atoms with van der Waals surface area (Å²) in [7, 11) is 0. The van der Waals surface area contributed by atoms with Gasteiger partial charge in [-0.25, -0.2) is 0 Å². The summed E-state index contributed by atoms with van der Waals surface area (Å²) in [6.45, 7) is 1.36. The predicted molar refractivity (Wildman–Crippen MR) is 101 cm³/mol. The monoisotopic (exact) mass is 371 g/mol. The molecule has 1 aliphatic rings. The Morgan fingerprint density at radius 1 is 1.15 bits per heavy atom. The van der Waals surface area contributed by atoms with Crippen LogP contribution in [0.2, 0.25) is 5.02 Å². The Morgan fingerprint density at radius 2 is 1.88 bits per heavy atom. The molecule has 0 spiro atoms. The van der Waals surface area contributed by atoms with Crippen molar-refractivity contribution in [1.29, 1.82) is 0 Å². The van der Waals surface area contributed by atoms with Gasteiger partial charge >= 0.3 is 0 Å². The van der Waals surface area contributed by atoms with Crippen LogP contribution < -0.4 is 5.32 Å². The molecule has 0 radical (unpaired) electrons. The molecule has 1 saturated heterocycles. The van der Waals surface area contributed by atoms with Gasteiger partial charge < -0.3 is 10.2 Å². The lowest BCUT2D eigenvalue weighted by atomic mass is 10.0. The minimum atomic E-state index is -0.106. The predicted octanol–water partition coefficient (Wildman–Crippen LogP) is 3.09. The molecule has 0 aliphatic carbocycles. The molecule has 0 saturated carbocycles. The molecule has 1 aliphatic heterocycles. The van der Waals surface area contributed by atoms with Gasteiger partial charge in [0.25, 0.3) is 5.91 Å². The Labute approximate surface area is 158 Å². The molecular weight excluding hydrogens is 350 g/mol. The number of halogens is 1. The SMILES string of the molecule is O=C(NC1CCN(C(=O)CCc2ccc(Cl)cc2)CC1)c1cccnc1. The number of carbonyl (C=O) groups is 2. The Kier molecular flexibility index (Phi) is 6.23. The average Bonchev–Trinajstić information content (AvgIpc) is 2.68. The van der Waals surface area contributed by atoms with Crippen LogP contribution >= 0.6 is 11.6 Å². The maximum atomic E-state index is 12.4. The fraction of sp³-hybridized carbons (Fsp3) is 0.350. The average molecular weight is 372 g/mol. The highest BCUT2D eigenvalue weighted by atomic mass is 35.5. The fourth-order valence-electron chi connectivity index (χ4n) is 3.10. The van der Waals surface area contributed by atoms with Gasteiger partial charge in [-0.1, -0.05) is 23.7 Å². The van der Waals surface area contributed by atoms with Gasteiger partial charge in [0.2, 0.25) is 5.91 Å². The molecule has 6 heteroatoms. The minimum absolute atomic E-state index is 0.100. The zero-order valence-electron chi connectivity index (χ0n) is 14.5. The lowest BCUT2D eigenvalue weighted by Crippen LogP contribution is -2.46. The molecule has 1 fully saturated rings. The number of pyridine rings is 1. The second kappa shape index (κ2) is 8.81. The summed E-state index contributed by atoms with van der Waals surface area (Å²) in [6.07, 6.45) is 5.97. The summed E-state index contributed by atoms with van der Waals surface area (Å²) >= 11 is 5.88. The number of hydrogen-bond acceptors (Lipinski definition) is 3. The van der Waals surface area contributed by atoms with Crippen molar-refractivity contribution < 1.29 is 9.59 Å². The Bertz CT molecular complexity index is 741. The van der Waals surface area contributed by atoms with Crippen LogP contribution in [0.25, 0.3) is 0 Å². The second-order valence-corrected chi connectivity index (χ2v) is 6.93. The van der Waals surface area contributed by atoms with Gasteiger partial charge in [-0.05, 0) is 49.1 Å². The van der Waals surface area contributed by atoms with E-state index in [9.17, 15) is 9.59 Å². The van der Waals surface area contributed by atoms with Gasteiger partial charge in [0, 0.05) is 43.0 Å². The highest BCUT2D eigenvalue weighted by molar-refractivity contribution is 6.30. The van der Waals surface area contributed by atoms with Crippen LogP contribution in [0.3, 0.4) is 0 Å². The van der Waals surface area contributed by atoms with E-state index in [-0.39, 0.29) is 17.9 Å². The van der Waals surface area contributed by atoms with E-state index in [1.165, 1.54) is 0 Å². The van der Waals surface area contributed by atoms with E-state index >= 15 is 0 Å². The van der Waals surface area contributed by atoms with E-state index in [0.29, 0.717) is 36.5 Å². The van der Waals surface area contributed by atoms with Crippen LogP contribution in [-0.2, 0) is 11.2 Å². The molecule has 1 aromatic heterocycles. The van der Waals surface area contributed by atoms with E-state index in [1.807, 2.05) is 29.2 Å². The maximum absolute atomic E-state index is 12.4. The minimum Gasteiger partial charge on any atom is -0.349 e. The normalized spacial score (nSPS) is 14.9. The molecule has 2 amide bonds. The zero-order valence-corrected chi connectivity index (χ0v) is 15.3. The van der Waals surface area contributed by atoms with Gasteiger partial charge in [0.05, 0.1) is 5.56 Å². The highest BCUT2D eigenvalue weighted by Gasteiger charge is 2.23. The Morgan fingerprint density at radius 3 is 2.54 bits per heavy atom. The maximum Gasteiger partial charge on any atom is 0.253 e. The highest BCUT2D eigenvalue weighted by Crippen LogP contribution is 2.15. The van der Waals surface area contributed by atoms with Crippen molar-refractivity contribution >= 4 is 23.4 Å². The van der Waals surface area contributed by atoms with Crippen molar-refractivity contribution in [1.82, 2.24) is 15.2 Å². The number of benzene rings is 1. The third-order valence-corrected chi connectivity index (χ3v) is 4.90. The van der Waals surface area contributed by atoms with E-state index in [2.05, 4.69) is 10.3 Å². The molecule has 3 rings (SSSR count). The van der Waals surface area contributed by atoms with Crippen LogP contribution in [0.15, 0.2) is 48.8 Å². The third kappa shape index (κ3) is 5.05. The molecule has 2 aromatic rings. The summed E-state index contributed by atoms with van der Waals surface area (Å²) < 4.78 is 0. The van der Waals surface area contributed by atoms with Crippen molar-refractivity contribution in [2.24, 2.45) is 0 Å². The van der Waals surface area contributed by atoms with Gasteiger partial charge in [-0.2, -0.15) is 0 Å². The molecule has 26 heavy (non-hydrogen) atoms. The topological polar surface area (TPSA) is 62.3 Å². The first-order valence-electron chi connectivity index (χ1n) is 8.85. The molecule has 0 bridgehead atoms. The summed E-state index contributed by atoms with van der Waals surface area (Å²) in [5.74, 6) is 0.0580. The van der Waals surface area contributed by atoms with Crippen LogP contribution in [-0.4, -0.2) is 40.8 Å². The van der Waals surface area contributed by atoms with E-state index in [0.717, 1.165) is 18.4 Å². The van der Waals surface area contributed by atoms with Gasteiger partial charge in [-0.3, -0.25) is 14.6 Å². The first kappa shape index (κ1) is 18.4. The summed E-state index contributed by atoms with van der Waals surface area (Å²) in [6, 6.07) is 11.2. The quantitative estimate of drug-likeness (QED) is 0.878. The van der Waals surface area contributed by atoms with E-state index < -0.39 is 0 Å². The number of aromatic nitrogens is 1. The number of nitrogens with one attached hydrogen (secondary N) is 1. The molecule has 136 valence electrons. The van der Waals surface area contributed by atoms with Crippen LogP contribution in [0.5, 0.6) is 0 Å². The summed E-state index contributed by atoms with van der Waals surface area (Å²) in [5, 5.41) is 3.73. The Hall–Kier alpha value is -2.40. The fourth-order valence-corrected chi connectivity index (χ4v) is 3.23. The number of piperidine rings is 1. The standard InChI is InChI=1S/C20H22ClN3O2/c21-17-6-3-15(4-7-17)5-8-19(25)24-12-9-18(10-13-24)23-20(26)16-2-1-11-22-14-16/h1-4,6-7,11,14,18H,5,8-10,12-13H2,(H,23,26). The molecule has 0 atom stereocenters. The van der Waals surface area contributed by atoms with Crippen molar-refractivity contribution in [3.05, 3.63) is 64.9 Å². The van der Waals surface area contributed by atoms with Crippen LogP contribution in [0, 0.1) is 0 Å². The molecule has 0 unspecified atom stereocenters. The first-order chi connectivity index (χ1) is 12.6. The van der Waals surface area contributed by atoms with E-state index in [1.54, 1.807) is 24.5 Å². The third-order valence-electron chi connectivity index (χ3n) is 4.65. The smallest absolute Gasteiger partial charge is 0.253 e.